The van der Waals surface area contributed by atoms with Crippen molar-refractivity contribution in [2.75, 3.05) is 10.6 Å². The lowest BCUT2D eigenvalue weighted by molar-refractivity contribution is -0.384. The van der Waals surface area contributed by atoms with E-state index in [1.807, 2.05) is 19.9 Å². The van der Waals surface area contributed by atoms with Gasteiger partial charge in [-0.05, 0) is 30.3 Å². The zero-order valence-electron chi connectivity index (χ0n) is 13.2. The van der Waals surface area contributed by atoms with Crippen LogP contribution in [-0.4, -0.2) is 10.8 Å². The summed E-state index contributed by atoms with van der Waals surface area (Å²) in [6.07, 6.45) is 0. The number of hydrogen-bond donors (Lipinski definition) is 2. The zero-order valence-corrected chi connectivity index (χ0v) is 13.2. The Kier molecular flexibility index (Phi) is 5.12. The number of carbonyl (C=O) groups excluding carboxylic acids is 1. The molecule has 122 valence electrons. The van der Waals surface area contributed by atoms with Gasteiger partial charge in [0.15, 0.2) is 0 Å². The lowest BCUT2D eigenvalue weighted by Crippen LogP contribution is -2.17. The minimum atomic E-state index is -0.545. The minimum Gasteiger partial charge on any atom is -0.354 e. The van der Waals surface area contributed by atoms with E-state index in [0.717, 1.165) is 0 Å². The number of rotatable bonds is 5. The molecular weight excluding hydrogens is 308 g/mol. The monoisotopic (exact) mass is 324 g/mol. The third kappa shape index (κ3) is 4.08. The number of nitrogens with zero attached hydrogens (tertiary/aromatic N) is 2. The first-order valence-electron chi connectivity index (χ1n) is 7.27. The van der Waals surface area contributed by atoms with Crippen molar-refractivity contribution >= 4 is 28.7 Å². The molecule has 0 unspecified atom stereocenters. The van der Waals surface area contributed by atoms with E-state index in [-0.39, 0.29) is 23.1 Å². The number of nitro benzene ring substituents is 1. The standard InChI is InChI=1S/C17H16N4O3/c1-11(2)17(22)20-14-5-3-13(4-6-14)19-16-8-7-15(21(23)24)9-12(16)10-18/h3-9,11,19H,1-2H3,(H,20,22). The van der Waals surface area contributed by atoms with E-state index in [1.54, 1.807) is 24.3 Å². The molecule has 0 fully saturated rings. The summed E-state index contributed by atoms with van der Waals surface area (Å²) in [5.74, 6) is -0.182. The Bertz CT molecular complexity index is 808. The smallest absolute Gasteiger partial charge is 0.270 e. The molecule has 0 bridgehead atoms. The second-order valence-corrected chi connectivity index (χ2v) is 5.45. The van der Waals surface area contributed by atoms with E-state index in [4.69, 9.17) is 5.26 Å². The molecule has 7 heteroatoms. The number of amides is 1. The molecule has 0 spiro atoms. The van der Waals surface area contributed by atoms with Crippen LogP contribution in [-0.2, 0) is 4.79 Å². The zero-order chi connectivity index (χ0) is 17.7. The van der Waals surface area contributed by atoms with Crippen molar-refractivity contribution in [1.29, 1.82) is 5.26 Å². The molecule has 2 aromatic carbocycles. The number of nitro groups is 1. The average molecular weight is 324 g/mol. The van der Waals surface area contributed by atoms with Crippen molar-refractivity contribution in [2.45, 2.75) is 13.8 Å². The molecule has 0 aliphatic rings. The van der Waals surface area contributed by atoms with Gasteiger partial charge in [0.05, 0.1) is 16.2 Å². The van der Waals surface area contributed by atoms with Crippen molar-refractivity contribution in [3.05, 3.63) is 58.1 Å². The SMILES string of the molecule is CC(C)C(=O)Nc1ccc(Nc2ccc([N+](=O)[O-])cc2C#N)cc1. The normalized spacial score (nSPS) is 10.1. The van der Waals surface area contributed by atoms with Crippen LogP contribution in [0, 0.1) is 27.4 Å². The van der Waals surface area contributed by atoms with Gasteiger partial charge in [0, 0.05) is 29.4 Å². The van der Waals surface area contributed by atoms with Crippen LogP contribution in [0.1, 0.15) is 19.4 Å². The maximum Gasteiger partial charge on any atom is 0.270 e. The van der Waals surface area contributed by atoms with Gasteiger partial charge in [0.25, 0.3) is 5.69 Å². The highest BCUT2D eigenvalue weighted by molar-refractivity contribution is 5.92. The second kappa shape index (κ2) is 7.24. The summed E-state index contributed by atoms with van der Waals surface area (Å²) in [6.45, 7) is 3.62. The van der Waals surface area contributed by atoms with Gasteiger partial charge in [0.2, 0.25) is 5.91 Å². The lowest BCUT2D eigenvalue weighted by Gasteiger charge is -2.10. The maximum atomic E-state index is 11.6. The lowest BCUT2D eigenvalue weighted by atomic mass is 10.1. The van der Waals surface area contributed by atoms with Crippen LogP contribution in [0.4, 0.5) is 22.7 Å². The van der Waals surface area contributed by atoms with E-state index >= 15 is 0 Å². The Balaban J connectivity index is 2.16. The van der Waals surface area contributed by atoms with Gasteiger partial charge in [-0.25, -0.2) is 0 Å². The van der Waals surface area contributed by atoms with Crippen LogP contribution in [0.15, 0.2) is 42.5 Å². The Morgan fingerprint density at radius 3 is 2.33 bits per heavy atom. The predicted molar refractivity (Wildman–Crippen MR) is 91.0 cm³/mol. The van der Waals surface area contributed by atoms with Crippen LogP contribution in [0.5, 0.6) is 0 Å². The molecule has 7 nitrogen and oxygen atoms in total. The fraction of sp³-hybridized carbons (Fsp3) is 0.176. The van der Waals surface area contributed by atoms with Crippen LogP contribution in [0.2, 0.25) is 0 Å². The number of benzene rings is 2. The Morgan fingerprint density at radius 1 is 1.17 bits per heavy atom. The fourth-order valence-electron chi connectivity index (χ4n) is 1.93. The first-order valence-corrected chi connectivity index (χ1v) is 7.27. The van der Waals surface area contributed by atoms with E-state index in [1.165, 1.54) is 18.2 Å². The quantitative estimate of drug-likeness (QED) is 0.642. The van der Waals surface area contributed by atoms with Gasteiger partial charge in [-0.1, -0.05) is 13.8 Å². The number of nitrogens with one attached hydrogen (secondary N) is 2. The van der Waals surface area contributed by atoms with Crippen molar-refractivity contribution in [3.8, 4) is 6.07 Å². The molecule has 2 rings (SSSR count). The summed E-state index contributed by atoms with van der Waals surface area (Å²) < 4.78 is 0. The molecule has 0 atom stereocenters. The summed E-state index contributed by atoms with van der Waals surface area (Å²) in [7, 11) is 0. The van der Waals surface area contributed by atoms with Crippen LogP contribution < -0.4 is 10.6 Å². The summed E-state index contributed by atoms with van der Waals surface area (Å²) in [5.41, 5.74) is 1.89. The molecule has 24 heavy (non-hydrogen) atoms. The number of anilines is 3. The second-order valence-electron chi connectivity index (χ2n) is 5.45. The van der Waals surface area contributed by atoms with Crippen LogP contribution in [0.3, 0.4) is 0 Å². The van der Waals surface area contributed by atoms with Gasteiger partial charge in [-0.15, -0.1) is 0 Å². The molecule has 0 aromatic heterocycles. The molecule has 0 saturated carbocycles. The number of hydrogen-bond acceptors (Lipinski definition) is 5. The largest absolute Gasteiger partial charge is 0.354 e. The van der Waals surface area contributed by atoms with Gasteiger partial charge in [-0.2, -0.15) is 5.26 Å². The molecular formula is C17H16N4O3. The van der Waals surface area contributed by atoms with Crippen molar-refractivity contribution < 1.29 is 9.72 Å². The van der Waals surface area contributed by atoms with E-state index in [9.17, 15) is 14.9 Å². The van der Waals surface area contributed by atoms with Crippen LogP contribution >= 0.6 is 0 Å². The molecule has 2 aromatic rings. The van der Waals surface area contributed by atoms with Crippen molar-refractivity contribution in [1.82, 2.24) is 0 Å². The topological polar surface area (TPSA) is 108 Å². The molecule has 0 heterocycles. The summed E-state index contributed by atoms with van der Waals surface area (Å²) in [4.78, 5) is 21.8. The van der Waals surface area contributed by atoms with E-state index in [2.05, 4.69) is 10.6 Å². The first-order chi connectivity index (χ1) is 11.4. The number of nitriles is 1. The third-order valence-corrected chi connectivity index (χ3v) is 3.29. The first kappa shape index (κ1) is 17.0. The van der Waals surface area contributed by atoms with Crippen molar-refractivity contribution in [2.24, 2.45) is 5.92 Å². The van der Waals surface area contributed by atoms with E-state index in [0.29, 0.717) is 17.1 Å². The van der Waals surface area contributed by atoms with Gasteiger partial charge in [0.1, 0.15) is 6.07 Å². The van der Waals surface area contributed by atoms with Crippen molar-refractivity contribution in [3.63, 3.8) is 0 Å². The molecule has 0 aliphatic carbocycles. The maximum absolute atomic E-state index is 11.6. The van der Waals surface area contributed by atoms with Gasteiger partial charge < -0.3 is 10.6 Å². The van der Waals surface area contributed by atoms with Crippen LogP contribution in [0.25, 0.3) is 0 Å². The molecule has 1 amide bonds. The summed E-state index contributed by atoms with van der Waals surface area (Å²) >= 11 is 0. The summed E-state index contributed by atoms with van der Waals surface area (Å²) in [5, 5.41) is 25.7. The Morgan fingerprint density at radius 2 is 1.79 bits per heavy atom. The van der Waals surface area contributed by atoms with Gasteiger partial charge >= 0.3 is 0 Å². The highest BCUT2D eigenvalue weighted by atomic mass is 16.6. The average Bonchev–Trinajstić information content (AvgIpc) is 2.56. The predicted octanol–water partition coefficient (Wildman–Crippen LogP) is 3.80. The molecule has 0 aliphatic heterocycles. The molecule has 0 radical (unpaired) electrons. The number of non-ortho nitro benzene ring substituents is 1. The Labute approximate surface area is 139 Å². The third-order valence-electron chi connectivity index (χ3n) is 3.29. The Hall–Kier alpha value is -3.40. The highest BCUT2D eigenvalue weighted by Crippen LogP contribution is 2.25. The minimum absolute atomic E-state index is 0.0714. The summed E-state index contributed by atoms with van der Waals surface area (Å²) in [6, 6.07) is 13.0. The highest BCUT2D eigenvalue weighted by Gasteiger charge is 2.11. The number of carbonyl (C=O) groups is 1. The van der Waals surface area contributed by atoms with E-state index < -0.39 is 4.92 Å². The fourth-order valence-corrected chi connectivity index (χ4v) is 1.93. The van der Waals surface area contributed by atoms with Gasteiger partial charge in [-0.3, -0.25) is 14.9 Å². The molecule has 2 N–H and O–H groups in total. The molecule has 0 saturated heterocycles.